The normalized spacial score (nSPS) is 11.6. The highest BCUT2D eigenvalue weighted by molar-refractivity contribution is 5.97. The number of oxime groups is 1. The molecule has 112 valence electrons. The number of benzene rings is 1. The molecule has 0 amide bonds. The highest BCUT2D eigenvalue weighted by atomic mass is 16.5. The van der Waals surface area contributed by atoms with E-state index < -0.39 is 0 Å². The van der Waals surface area contributed by atoms with Crippen LogP contribution in [0.1, 0.15) is 24.5 Å². The first-order valence-electron chi connectivity index (χ1n) is 6.66. The molecular formula is C14H23N3O3. The summed E-state index contributed by atoms with van der Waals surface area (Å²) in [5, 5.41) is 15.0. The van der Waals surface area contributed by atoms with Crippen LogP contribution < -0.4 is 15.8 Å². The number of hydrogen-bond donors (Lipinski definition) is 3. The molecular weight excluding hydrogens is 258 g/mol. The molecule has 0 aliphatic rings. The van der Waals surface area contributed by atoms with E-state index in [1.807, 2.05) is 19.1 Å². The summed E-state index contributed by atoms with van der Waals surface area (Å²) >= 11 is 0. The minimum absolute atomic E-state index is 0.0882. The number of amidine groups is 1. The van der Waals surface area contributed by atoms with E-state index in [0.717, 1.165) is 37.5 Å². The zero-order chi connectivity index (χ0) is 14.8. The van der Waals surface area contributed by atoms with Gasteiger partial charge in [0.05, 0.1) is 7.11 Å². The van der Waals surface area contributed by atoms with Crippen molar-refractivity contribution < 1.29 is 14.7 Å². The van der Waals surface area contributed by atoms with Gasteiger partial charge in [-0.15, -0.1) is 0 Å². The number of nitrogens with zero attached hydrogens (tertiary/aromatic N) is 1. The molecule has 1 aromatic rings. The van der Waals surface area contributed by atoms with Crippen LogP contribution in [0.4, 0.5) is 0 Å². The largest absolute Gasteiger partial charge is 0.496 e. The van der Waals surface area contributed by atoms with Gasteiger partial charge >= 0.3 is 0 Å². The second-order valence-electron chi connectivity index (χ2n) is 4.24. The molecule has 1 rings (SSSR count). The van der Waals surface area contributed by atoms with E-state index in [9.17, 15) is 0 Å². The second-order valence-corrected chi connectivity index (χ2v) is 4.24. The molecule has 6 heteroatoms. The summed E-state index contributed by atoms with van der Waals surface area (Å²) in [5.41, 5.74) is 7.22. The Kier molecular flexibility index (Phi) is 7.46. The van der Waals surface area contributed by atoms with Crippen molar-refractivity contribution in [2.24, 2.45) is 10.9 Å². The van der Waals surface area contributed by atoms with Crippen LogP contribution in [0.3, 0.4) is 0 Å². The van der Waals surface area contributed by atoms with Crippen LogP contribution in [0.15, 0.2) is 23.4 Å². The lowest BCUT2D eigenvalue weighted by molar-refractivity contribution is 0.144. The number of hydrogen-bond acceptors (Lipinski definition) is 5. The van der Waals surface area contributed by atoms with Gasteiger partial charge in [-0.05, 0) is 38.1 Å². The van der Waals surface area contributed by atoms with Gasteiger partial charge in [-0.25, -0.2) is 0 Å². The fourth-order valence-electron chi connectivity index (χ4n) is 1.80. The maximum Gasteiger partial charge on any atom is 0.170 e. The van der Waals surface area contributed by atoms with Crippen molar-refractivity contribution in [2.45, 2.75) is 19.9 Å². The van der Waals surface area contributed by atoms with E-state index in [0.29, 0.717) is 12.1 Å². The first-order valence-corrected chi connectivity index (χ1v) is 6.66. The van der Waals surface area contributed by atoms with Gasteiger partial charge in [0.25, 0.3) is 0 Å². The molecule has 0 aliphatic heterocycles. The third kappa shape index (κ3) is 5.07. The van der Waals surface area contributed by atoms with Crippen LogP contribution >= 0.6 is 0 Å². The molecule has 0 saturated carbocycles. The Hall–Kier alpha value is -1.79. The van der Waals surface area contributed by atoms with Crippen molar-refractivity contribution in [3.8, 4) is 5.75 Å². The predicted octanol–water partition coefficient (Wildman–Crippen LogP) is 1.31. The Labute approximate surface area is 119 Å². The first-order chi connectivity index (χ1) is 9.72. The molecule has 4 N–H and O–H groups in total. The van der Waals surface area contributed by atoms with Crippen molar-refractivity contribution in [1.29, 1.82) is 0 Å². The smallest absolute Gasteiger partial charge is 0.170 e. The van der Waals surface area contributed by atoms with E-state index in [1.54, 1.807) is 13.2 Å². The summed E-state index contributed by atoms with van der Waals surface area (Å²) in [6, 6.07) is 5.42. The quantitative estimate of drug-likeness (QED) is 0.209. The molecule has 6 nitrogen and oxygen atoms in total. The summed E-state index contributed by atoms with van der Waals surface area (Å²) in [6.07, 6.45) is 0.954. The molecule has 1 aromatic carbocycles. The zero-order valence-corrected chi connectivity index (χ0v) is 12.1. The molecule has 0 aromatic heterocycles. The van der Waals surface area contributed by atoms with Crippen molar-refractivity contribution in [2.75, 3.05) is 26.9 Å². The summed E-state index contributed by atoms with van der Waals surface area (Å²) in [7, 11) is 1.62. The fourth-order valence-corrected chi connectivity index (χ4v) is 1.80. The average molecular weight is 281 g/mol. The van der Waals surface area contributed by atoms with Gasteiger partial charge in [-0.2, -0.15) is 0 Å². The highest BCUT2D eigenvalue weighted by Gasteiger charge is 2.06. The van der Waals surface area contributed by atoms with E-state index in [2.05, 4.69) is 10.5 Å². The van der Waals surface area contributed by atoms with Gasteiger partial charge in [0, 0.05) is 30.9 Å². The molecule has 0 heterocycles. The monoisotopic (exact) mass is 281 g/mol. The first kappa shape index (κ1) is 16.3. The number of methoxy groups -OCH3 is 1. The van der Waals surface area contributed by atoms with Crippen molar-refractivity contribution in [3.05, 3.63) is 29.3 Å². The summed E-state index contributed by atoms with van der Waals surface area (Å²) in [6.45, 7) is 5.00. The van der Waals surface area contributed by atoms with Crippen LogP contribution in [0, 0.1) is 0 Å². The Morgan fingerprint density at radius 2 is 2.25 bits per heavy atom. The predicted molar refractivity (Wildman–Crippen MR) is 78.3 cm³/mol. The van der Waals surface area contributed by atoms with Crippen LogP contribution in [0.5, 0.6) is 5.75 Å². The van der Waals surface area contributed by atoms with Crippen molar-refractivity contribution in [3.63, 3.8) is 0 Å². The molecule has 0 saturated heterocycles. The Bertz CT molecular complexity index is 436. The Morgan fingerprint density at radius 1 is 1.45 bits per heavy atom. The molecule has 20 heavy (non-hydrogen) atoms. The van der Waals surface area contributed by atoms with E-state index in [4.69, 9.17) is 20.4 Å². The second kappa shape index (κ2) is 9.17. The molecule has 0 aliphatic carbocycles. The van der Waals surface area contributed by atoms with Gasteiger partial charge in [0.1, 0.15) is 5.75 Å². The maximum atomic E-state index is 8.70. The maximum absolute atomic E-state index is 8.70. The minimum atomic E-state index is 0.0882. The molecule has 0 unspecified atom stereocenters. The third-order valence-electron chi connectivity index (χ3n) is 2.85. The van der Waals surface area contributed by atoms with Crippen LogP contribution in [-0.2, 0) is 11.3 Å². The minimum Gasteiger partial charge on any atom is -0.496 e. The summed E-state index contributed by atoms with van der Waals surface area (Å²) in [5.74, 6) is 0.863. The average Bonchev–Trinajstić information content (AvgIpc) is 2.49. The van der Waals surface area contributed by atoms with Crippen LogP contribution in [0.25, 0.3) is 0 Å². The lowest BCUT2D eigenvalue weighted by atomic mass is 10.1. The number of nitrogens with one attached hydrogen (secondary N) is 1. The van der Waals surface area contributed by atoms with E-state index in [1.165, 1.54) is 0 Å². The van der Waals surface area contributed by atoms with Gasteiger partial charge < -0.3 is 25.7 Å². The van der Waals surface area contributed by atoms with Gasteiger partial charge in [0.15, 0.2) is 5.84 Å². The topological polar surface area (TPSA) is 89.1 Å². The van der Waals surface area contributed by atoms with Crippen molar-refractivity contribution >= 4 is 5.84 Å². The van der Waals surface area contributed by atoms with Gasteiger partial charge in [0.2, 0.25) is 0 Å². The summed E-state index contributed by atoms with van der Waals surface area (Å²) in [4.78, 5) is 0. The Morgan fingerprint density at radius 3 is 2.90 bits per heavy atom. The third-order valence-corrected chi connectivity index (χ3v) is 2.85. The van der Waals surface area contributed by atoms with E-state index in [-0.39, 0.29) is 5.84 Å². The molecule has 0 radical (unpaired) electrons. The molecule has 0 spiro atoms. The molecule has 0 bridgehead atoms. The van der Waals surface area contributed by atoms with E-state index >= 15 is 0 Å². The Balaban J connectivity index is 2.58. The lowest BCUT2D eigenvalue weighted by Crippen LogP contribution is -2.18. The SMILES string of the molecule is CCOCCCNCc1cc(/C(N)=N/O)ccc1OC. The fraction of sp³-hybridized carbons (Fsp3) is 0.500. The standard InChI is InChI=1S/C14H23N3O3/c1-3-20-8-4-7-16-10-12-9-11(14(15)17-18)5-6-13(12)19-2/h5-6,9,16,18H,3-4,7-8,10H2,1-2H3,(H2,15,17). The number of ether oxygens (including phenoxy) is 2. The van der Waals surface area contributed by atoms with Gasteiger partial charge in [-0.1, -0.05) is 5.16 Å². The van der Waals surface area contributed by atoms with Crippen molar-refractivity contribution in [1.82, 2.24) is 5.32 Å². The zero-order valence-electron chi connectivity index (χ0n) is 12.1. The number of rotatable bonds is 9. The highest BCUT2D eigenvalue weighted by Crippen LogP contribution is 2.19. The molecule has 0 fully saturated rings. The van der Waals surface area contributed by atoms with Gasteiger partial charge in [-0.3, -0.25) is 0 Å². The summed E-state index contributed by atoms with van der Waals surface area (Å²) < 4.78 is 10.6. The van der Waals surface area contributed by atoms with Crippen LogP contribution in [-0.4, -0.2) is 37.9 Å². The molecule has 0 atom stereocenters. The van der Waals surface area contributed by atoms with Crippen LogP contribution in [0.2, 0.25) is 0 Å². The lowest BCUT2D eigenvalue weighted by Gasteiger charge is -2.11. The number of nitrogens with two attached hydrogens (primary N) is 1.